The molecule has 1 fully saturated rings. The number of amides is 1. The van der Waals surface area contributed by atoms with Gasteiger partial charge in [-0.05, 0) is 35.7 Å². The Bertz CT molecular complexity index is 837. The number of hydrogen-bond acceptors (Lipinski definition) is 5. The van der Waals surface area contributed by atoms with Gasteiger partial charge in [-0.1, -0.05) is 6.07 Å². The average molecular weight is 367 g/mol. The smallest absolute Gasteiger partial charge is 0.223 e. The van der Waals surface area contributed by atoms with Crippen LogP contribution in [0.1, 0.15) is 12.2 Å². The number of piperazine rings is 1. The predicted molar refractivity (Wildman–Crippen MR) is 103 cm³/mol. The van der Waals surface area contributed by atoms with Crippen molar-refractivity contribution >= 4 is 22.9 Å². The van der Waals surface area contributed by atoms with Crippen molar-refractivity contribution in [3.05, 3.63) is 59.9 Å². The highest BCUT2D eigenvalue weighted by Crippen LogP contribution is 2.27. The topological polar surface area (TPSA) is 49.6 Å². The van der Waals surface area contributed by atoms with Crippen LogP contribution < -0.4 is 4.90 Å². The minimum atomic E-state index is 0.199. The highest BCUT2D eigenvalue weighted by molar-refractivity contribution is 7.13. The van der Waals surface area contributed by atoms with Gasteiger partial charge in [-0.15, -0.1) is 11.3 Å². The van der Waals surface area contributed by atoms with Crippen LogP contribution in [-0.2, 0) is 11.2 Å². The molecule has 0 unspecified atom stereocenters. The van der Waals surface area contributed by atoms with E-state index in [4.69, 9.17) is 4.42 Å². The molecular weight excluding hydrogens is 346 g/mol. The fraction of sp³-hybridized carbons (Fsp3) is 0.300. The van der Waals surface area contributed by atoms with E-state index in [1.54, 1.807) is 17.5 Å². The van der Waals surface area contributed by atoms with E-state index >= 15 is 0 Å². The van der Waals surface area contributed by atoms with Crippen LogP contribution in [0.5, 0.6) is 0 Å². The van der Waals surface area contributed by atoms with E-state index in [0.29, 0.717) is 12.8 Å². The molecule has 26 heavy (non-hydrogen) atoms. The Kier molecular flexibility index (Phi) is 5.02. The van der Waals surface area contributed by atoms with E-state index in [0.717, 1.165) is 48.3 Å². The molecule has 3 aromatic rings. The van der Waals surface area contributed by atoms with Gasteiger partial charge in [0.05, 0.1) is 16.8 Å². The number of pyridine rings is 1. The Labute approximate surface area is 156 Å². The van der Waals surface area contributed by atoms with Gasteiger partial charge in [-0.25, -0.2) is 0 Å². The molecule has 6 heteroatoms. The molecule has 0 spiro atoms. The van der Waals surface area contributed by atoms with Gasteiger partial charge in [0.15, 0.2) is 0 Å². The Morgan fingerprint density at radius 3 is 2.73 bits per heavy atom. The maximum atomic E-state index is 12.5. The van der Waals surface area contributed by atoms with Crippen molar-refractivity contribution in [3.8, 4) is 10.6 Å². The normalized spacial score (nSPS) is 14.6. The van der Waals surface area contributed by atoms with Gasteiger partial charge in [0.1, 0.15) is 11.5 Å². The average Bonchev–Trinajstić information content (AvgIpc) is 3.38. The minimum Gasteiger partial charge on any atom is -0.460 e. The quantitative estimate of drug-likeness (QED) is 0.690. The number of aryl methyl sites for hydroxylation is 1. The first-order valence-corrected chi connectivity index (χ1v) is 9.73. The Hall–Kier alpha value is -2.60. The molecule has 1 aliphatic rings. The lowest BCUT2D eigenvalue weighted by Crippen LogP contribution is -2.48. The SMILES string of the molecule is O=C(CCc1ccc(-c2cccs2)o1)N1CCN(c2cccnc2)CC1. The fourth-order valence-electron chi connectivity index (χ4n) is 3.21. The molecule has 1 amide bonds. The summed E-state index contributed by atoms with van der Waals surface area (Å²) in [7, 11) is 0. The van der Waals surface area contributed by atoms with Gasteiger partial charge >= 0.3 is 0 Å². The molecule has 0 atom stereocenters. The summed E-state index contributed by atoms with van der Waals surface area (Å²) in [4.78, 5) is 22.0. The maximum absolute atomic E-state index is 12.5. The summed E-state index contributed by atoms with van der Waals surface area (Å²) in [6, 6.07) is 12.0. The standard InChI is InChI=1S/C20H21N3O2S/c24-20(8-6-17-5-7-18(25-17)19-4-2-14-26-19)23-12-10-22(11-13-23)16-3-1-9-21-15-16/h1-5,7,9,14-15H,6,8,10-13H2. The molecule has 0 N–H and O–H groups in total. The summed E-state index contributed by atoms with van der Waals surface area (Å²) in [6.07, 6.45) is 4.79. The second-order valence-corrected chi connectivity index (χ2v) is 7.27. The molecule has 134 valence electrons. The number of rotatable bonds is 5. The highest BCUT2D eigenvalue weighted by Gasteiger charge is 2.21. The van der Waals surface area contributed by atoms with Crippen molar-refractivity contribution in [1.29, 1.82) is 0 Å². The lowest BCUT2D eigenvalue weighted by Gasteiger charge is -2.36. The lowest BCUT2D eigenvalue weighted by molar-refractivity contribution is -0.131. The van der Waals surface area contributed by atoms with Gasteiger partial charge in [0.2, 0.25) is 5.91 Å². The Morgan fingerprint density at radius 1 is 1.12 bits per heavy atom. The number of carbonyl (C=O) groups excluding carboxylic acids is 1. The first-order valence-electron chi connectivity index (χ1n) is 8.85. The second-order valence-electron chi connectivity index (χ2n) is 6.32. The van der Waals surface area contributed by atoms with E-state index in [9.17, 15) is 4.79 Å². The monoisotopic (exact) mass is 367 g/mol. The number of furan rings is 1. The van der Waals surface area contributed by atoms with Gasteiger partial charge < -0.3 is 14.2 Å². The Morgan fingerprint density at radius 2 is 2.00 bits per heavy atom. The molecule has 3 aromatic heterocycles. The maximum Gasteiger partial charge on any atom is 0.223 e. The van der Waals surface area contributed by atoms with Crippen LogP contribution in [0.3, 0.4) is 0 Å². The number of thiophene rings is 1. The predicted octanol–water partition coefficient (Wildman–Crippen LogP) is 3.68. The molecule has 1 saturated heterocycles. The summed E-state index contributed by atoms with van der Waals surface area (Å²) < 4.78 is 5.87. The molecule has 0 radical (unpaired) electrons. The van der Waals surface area contributed by atoms with Gasteiger partial charge in [0.25, 0.3) is 0 Å². The van der Waals surface area contributed by atoms with Gasteiger partial charge in [0, 0.05) is 45.2 Å². The summed E-state index contributed by atoms with van der Waals surface area (Å²) in [5, 5.41) is 2.03. The highest BCUT2D eigenvalue weighted by atomic mass is 32.1. The third-order valence-electron chi connectivity index (χ3n) is 4.65. The zero-order valence-electron chi connectivity index (χ0n) is 14.5. The van der Waals surface area contributed by atoms with E-state index < -0.39 is 0 Å². The molecule has 4 rings (SSSR count). The van der Waals surface area contributed by atoms with Crippen LogP contribution >= 0.6 is 11.3 Å². The number of hydrogen-bond donors (Lipinski definition) is 0. The molecule has 0 bridgehead atoms. The van der Waals surface area contributed by atoms with Crippen molar-refractivity contribution in [1.82, 2.24) is 9.88 Å². The van der Waals surface area contributed by atoms with Gasteiger partial charge in [-0.3, -0.25) is 9.78 Å². The van der Waals surface area contributed by atoms with Crippen LogP contribution in [0.15, 0.2) is 58.6 Å². The van der Waals surface area contributed by atoms with Crippen LogP contribution in [-0.4, -0.2) is 42.0 Å². The van der Waals surface area contributed by atoms with Crippen molar-refractivity contribution < 1.29 is 9.21 Å². The van der Waals surface area contributed by atoms with Crippen LogP contribution in [0.25, 0.3) is 10.6 Å². The Balaban J connectivity index is 1.27. The molecule has 0 saturated carbocycles. The molecule has 0 aliphatic carbocycles. The summed E-state index contributed by atoms with van der Waals surface area (Å²) in [5.74, 6) is 1.95. The number of aromatic nitrogens is 1. The summed E-state index contributed by atoms with van der Waals surface area (Å²) >= 11 is 1.66. The van der Waals surface area contributed by atoms with Crippen molar-refractivity contribution in [3.63, 3.8) is 0 Å². The van der Waals surface area contributed by atoms with E-state index in [-0.39, 0.29) is 5.91 Å². The molecule has 0 aromatic carbocycles. The van der Waals surface area contributed by atoms with Crippen LogP contribution in [0.4, 0.5) is 5.69 Å². The molecule has 5 nitrogen and oxygen atoms in total. The zero-order chi connectivity index (χ0) is 17.8. The van der Waals surface area contributed by atoms with Crippen LogP contribution in [0.2, 0.25) is 0 Å². The fourth-order valence-corrected chi connectivity index (χ4v) is 3.89. The first-order chi connectivity index (χ1) is 12.8. The number of anilines is 1. The van der Waals surface area contributed by atoms with E-state index in [1.165, 1.54) is 0 Å². The molecular formula is C20H21N3O2S. The molecule has 1 aliphatic heterocycles. The third-order valence-corrected chi connectivity index (χ3v) is 5.54. The molecule has 4 heterocycles. The second kappa shape index (κ2) is 7.74. The minimum absolute atomic E-state index is 0.199. The number of nitrogens with zero attached hydrogens (tertiary/aromatic N) is 3. The largest absolute Gasteiger partial charge is 0.460 e. The van der Waals surface area contributed by atoms with E-state index in [2.05, 4.69) is 16.0 Å². The van der Waals surface area contributed by atoms with Crippen molar-refractivity contribution in [2.24, 2.45) is 0 Å². The lowest BCUT2D eigenvalue weighted by atomic mass is 10.2. The summed E-state index contributed by atoms with van der Waals surface area (Å²) in [5.41, 5.74) is 1.12. The van der Waals surface area contributed by atoms with Crippen LogP contribution in [0, 0.1) is 0 Å². The van der Waals surface area contributed by atoms with E-state index in [1.807, 2.05) is 46.8 Å². The van der Waals surface area contributed by atoms with Gasteiger partial charge in [-0.2, -0.15) is 0 Å². The summed E-state index contributed by atoms with van der Waals surface area (Å²) in [6.45, 7) is 3.21. The zero-order valence-corrected chi connectivity index (χ0v) is 15.3. The van der Waals surface area contributed by atoms with Crippen molar-refractivity contribution in [2.45, 2.75) is 12.8 Å². The first kappa shape index (κ1) is 16.8. The number of carbonyl (C=O) groups is 1. The third kappa shape index (κ3) is 3.80. The van der Waals surface area contributed by atoms with Crippen molar-refractivity contribution in [2.75, 3.05) is 31.1 Å².